The highest BCUT2D eigenvalue weighted by Crippen LogP contribution is 2.37. The summed E-state index contributed by atoms with van der Waals surface area (Å²) in [5.41, 5.74) is 6.14. The molecule has 0 saturated carbocycles. The molecule has 0 aliphatic heterocycles. The number of rotatable bonds is 5. The predicted molar refractivity (Wildman–Crippen MR) is 125 cm³/mol. The molecule has 0 atom stereocenters. The van der Waals surface area contributed by atoms with Gasteiger partial charge in [-0.25, -0.2) is 9.97 Å². The molecule has 0 spiro atoms. The van der Waals surface area contributed by atoms with E-state index in [1.807, 2.05) is 42.5 Å². The first-order valence-electron chi connectivity index (χ1n) is 10.1. The third kappa shape index (κ3) is 3.51. The average Bonchev–Trinajstić information content (AvgIpc) is 3.21. The largest absolute Gasteiger partial charge is 0.495 e. The Morgan fingerprint density at radius 1 is 0.839 bits per heavy atom. The van der Waals surface area contributed by atoms with Crippen LogP contribution in [0.4, 0.5) is 11.5 Å². The van der Waals surface area contributed by atoms with E-state index in [-0.39, 0.29) is 0 Å². The van der Waals surface area contributed by atoms with Crippen LogP contribution in [0.2, 0.25) is 0 Å². The van der Waals surface area contributed by atoms with Crippen molar-refractivity contribution in [3.63, 3.8) is 0 Å². The monoisotopic (exact) mass is 406 g/mol. The summed E-state index contributed by atoms with van der Waals surface area (Å²) in [5, 5.41) is 4.42. The predicted octanol–water partition coefficient (Wildman–Crippen LogP) is 6.15. The molecule has 0 amide bonds. The second-order valence-corrected chi connectivity index (χ2v) is 7.36. The Hall–Kier alpha value is -4.12. The molecule has 5 heteroatoms. The van der Waals surface area contributed by atoms with Gasteiger partial charge < -0.3 is 14.6 Å². The number of para-hydroxylation sites is 2. The van der Waals surface area contributed by atoms with Crippen molar-refractivity contribution in [2.24, 2.45) is 0 Å². The Bertz CT molecular complexity index is 1340. The molecule has 0 fully saturated rings. The molecule has 1 N–H and O–H groups in total. The van der Waals surface area contributed by atoms with Crippen LogP contribution in [0.25, 0.3) is 27.8 Å². The van der Waals surface area contributed by atoms with Crippen molar-refractivity contribution >= 4 is 22.5 Å². The standard InChI is InChI=1S/C26H22N4O/c1-18-12-14-20(15-13-18)30-16-21(19-8-4-3-5-9-19)24-25(27-17-28-26(24)30)29-22-10-6-7-11-23(22)31-2/h3-17H,1-2H3,(H,27,28,29). The molecule has 152 valence electrons. The number of nitrogens with one attached hydrogen (secondary N) is 1. The maximum atomic E-state index is 5.52. The highest BCUT2D eigenvalue weighted by molar-refractivity contribution is 6.03. The molecule has 0 aliphatic carbocycles. The van der Waals surface area contributed by atoms with E-state index < -0.39 is 0 Å². The summed E-state index contributed by atoms with van der Waals surface area (Å²) in [7, 11) is 1.67. The zero-order valence-electron chi connectivity index (χ0n) is 17.4. The van der Waals surface area contributed by atoms with E-state index in [2.05, 4.69) is 69.4 Å². The number of methoxy groups -OCH3 is 1. The van der Waals surface area contributed by atoms with E-state index in [0.717, 1.165) is 45.1 Å². The second-order valence-electron chi connectivity index (χ2n) is 7.36. The molecule has 31 heavy (non-hydrogen) atoms. The average molecular weight is 406 g/mol. The van der Waals surface area contributed by atoms with Gasteiger partial charge >= 0.3 is 0 Å². The number of ether oxygens (including phenoxy) is 1. The zero-order chi connectivity index (χ0) is 21.2. The summed E-state index contributed by atoms with van der Waals surface area (Å²) in [5.74, 6) is 1.49. The maximum Gasteiger partial charge on any atom is 0.150 e. The molecule has 0 aliphatic rings. The molecule has 2 aromatic heterocycles. The fourth-order valence-corrected chi connectivity index (χ4v) is 3.77. The van der Waals surface area contributed by atoms with Crippen LogP contribution >= 0.6 is 0 Å². The van der Waals surface area contributed by atoms with Gasteiger partial charge in [0, 0.05) is 17.4 Å². The molecule has 0 bridgehead atoms. The van der Waals surface area contributed by atoms with Crippen molar-refractivity contribution in [2.45, 2.75) is 6.92 Å². The number of anilines is 2. The van der Waals surface area contributed by atoms with Crippen molar-refractivity contribution in [3.05, 3.63) is 97.0 Å². The van der Waals surface area contributed by atoms with Crippen LogP contribution in [0.1, 0.15) is 5.56 Å². The number of hydrogen-bond acceptors (Lipinski definition) is 4. The van der Waals surface area contributed by atoms with Gasteiger partial charge in [-0.3, -0.25) is 0 Å². The first kappa shape index (κ1) is 18.9. The van der Waals surface area contributed by atoms with E-state index in [1.165, 1.54) is 5.56 Å². The van der Waals surface area contributed by atoms with E-state index in [1.54, 1.807) is 13.4 Å². The molecule has 2 heterocycles. The smallest absolute Gasteiger partial charge is 0.150 e. The Kier molecular flexibility index (Phi) is 4.84. The van der Waals surface area contributed by atoms with Crippen molar-refractivity contribution in [2.75, 3.05) is 12.4 Å². The fourth-order valence-electron chi connectivity index (χ4n) is 3.77. The molecule has 0 saturated heterocycles. The molecular formula is C26H22N4O. The quantitative estimate of drug-likeness (QED) is 0.380. The van der Waals surface area contributed by atoms with E-state index >= 15 is 0 Å². The Morgan fingerprint density at radius 3 is 2.35 bits per heavy atom. The van der Waals surface area contributed by atoms with Crippen molar-refractivity contribution < 1.29 is 4.74 Å². The fraction of sp³-hybridized carbons (Fsp3) is 0.0769. The third-order valence-electron chi connectivity index (χ3n) is 5.34. The zero-order valence-corrected chi connectivity index (χ0v) is 17.4. The van der Waals surface area contributed by atoms with Crippen LogP contribution in [0.15, 0.2) is 91.4 Å². The van der Waals surface area contributed by atoms with Crippen LogP contribution in [0, 0.1) is 6.92 Å². The van der Waals surface area contributed by atoms with Gasteiger partial charge in [0.15, 0.2) is 5.65 Å². The highest BCUT2D eigenvalue weighted by Gasteiger charge is 2.18. The van der Waals surface area contributed by atoms with E-state index in [4.69, 9.17) is 4.74 Å². The third-order valence-corrected chi connectivity index (χ3v) is 5.34. The Labute approximate surface area is 181 Å². The number of fused-ring (bicyclic) bond motifs is 1. The summed E-state index contributed by atoms with van der Waals surface area (Å²) in [6, 6.07) is 26.6. The molecule has 0 radical (unpaired) electrons. The van der Waals surface area contributed by atoms with E-state index in [9.17, 15) is 0 Å². The first-order valence-corrected chi connectivity index (χ1v) is 10.1. The molecule has 5 rings (SSSR count). The van der Waals surface area contributed by atoms with Crippen molar-refractivity contribution in [3.8, 4) is 22.6 Å². The van der Waals surface area contributed by atoms with Crippen molar-refractivity contribution in [1.82, 2.24) is 14.5 Å². The number of benzene rings is 3. The summed E-state index contributed by atoms with van der Waals surface area (Å²) in [4.78, 5) is 9.25. The van der Waals surface area contributed by atoms with Gasteiger partial charge in [-0.05, 0) is 36.8 Å². The van der Waals surface area contributed by atoms with Gasteiger partial charge in [0.1, 0.15) is 17.9 Å². The molecular weight excluding hydrogens is 384 g/mol. The van der Waals surface area contributed by atoms with Crippen LogP contribution in [0.5, 0.6) is 5.75 Å². The number of aromatic nitrogens is 3. The second kappa shape index (κ2) is 7.95. The minimum atomic E-state index is 0.735. The summed E-state index contributed by atoms with van der Waals surface area (Å²) >= 11 is 0. The topological polar surface area (TPSA) is 52.0 Å². The van der Waals surface area contributed by atoms with Gasteiger partial charge in [0.05, 0.1) is 18.2 Å². The van der Waals surface area contributed by atoms with Crippen LogP contribution < -0.4 is 10.1 Å². The molecule has 0 unspecified atom stereocenters. The Balaban J connectivity index is 1.75. The van der Waals surface area contributed by atoms with Crippen LogP contribution in [0.3, 0.4) is 0 Å². The van der Waals surface area contributed by atoms with Gasteiger partial charge in [-0.2, -0.15) is 0 Å². The normalized spacial score (nSPS) is 10.9. The lowest BCUT2D eigenvalue weighted by atomic mass is 10.1. The maximum absolute atomic E-state index is 5.52. The summed E-state index contributed by atoms with van der Waals surface area (Å²) in [6.07, 6.45) is 3.73. The van der Waals surface area contributed by atoms with Crippen LogP contribution in [-0.4, -0.2) is 21.6 Å². The lowest BCUT2D eigenvalue weighted by Crippen LogP contribution is -1.99. The SMILES string of the molecule is COc1ccccc1Nc1ncnc2c1c(-c1ccccc1)cn2-c1ccc(C)cc1. The summed E-state index contributed by atoms with van der Waals surface area (Å²) < 4.78 is 7.64. The first-order chi connectivity index (χ1) is 15.2. The number of aryl methyl sites for hydroxylation is 1. The van der Waals surface area contributed by atoms with Crippen LogP contribution in [-0.2, 0) is 0 Å². The minimum absolute atomic E-state index is 0.735. The summed E-state index contributed by atoms with van der Waals surface area (Å²) in [6.45, 7) is 2.09. The van der Waals surface area contributed by atoms with Crippen molar-refractivity contribution in [1.29, 1.82) is 0 Å². The highest BCUT2D eigenvalue weighted by atomic mass is 16.5. The Morgan fingerprint density at radius 2 is 1.58 bits per heavy atom. The van der Waals surface area contributed by atoms with Gasteiger partial charge in [0.25, 0.3) is 0 Å². The molecule has 3 aromatic carbocycles. The number of hydrogen-bond donors (Lipinski definition) is 1. The van der Waals surface area contributed by atoms with Gasteiger partial charge in [-0.1, -0.05) is 60.2 Å². The lowest BCUT2D eigenvalue weighted by Gasteiger charge is -2.12. The lowest BCUT2D eigenvalue weighted by molar-refractivity contribution is 0.417. The van der Waals surface area contributed by atoms with E-state index in [0.29, 0.717) is 0 Å². The van der Waals surface area contributed by atoms with Gasteiger partial charge in [-0.15, -0.1) is 0 Å². The minimum Gasteiger partial charge on any atom is -0.495 e. The molecule has 5 nitrogen and oxygen atoms in total. The van der Waals surface area contributed by atoms with Gasteiger partial charge in [0.2, 0.25) is 0 Å². The molecule has 5 aromatic rings. The number of nitrogens with zero attached hydrogens (tertiary/aromatic N) is 3.